The van der Waals surface area contributed by atoms with Gasteiger partial charge in [-0.2, -0.15) is 0 Å². The fourth-order valence-corrected chi connectivity index (χ4v) is 3.19. The predicted molar refractivity (Wildman–Crippen MR) is 67.9 cm³/mol. The zero-order valence-corrected chi connectivity index (χ0v) is 10.2. The topological polar surface area (TPSA) is 15.3 Å². The smallest absolute Gasteiger partial charge is 0.123 e. The lowest BCUT2D eigenvalue weighted by Gasteiger charge is -2.22. The van der Waals surface area contributed by atoms with Crippen molar-refractivity contribution in [1.29, 1.82) is 0 Å². The van der Waals surface area contributed by atoms with Crippen molar-refractivity contribution in [2.75, 3.05) is 25.5 Å². The molecule has 1 saturated heterocycles. The van der Waals surface area contributed by atoms with Gasteiger partial charge >= 0.3 is 0 Å². The number of hydrogen-bond acceptors (Lipinski definition) is 2. The summed E-state index contributed by atoms with van der Waals surface area (Å²) in [4.78, 5) is 2.44. The Morgan fingerprint density at radius 1 is 1.47 bits per heavy atom. The quantitative estimate of drug-likeness (QED) is 0.846. The van der Waals surface area contributed by atoms with Crippen molar-refractivity contribution in [2.45, 2.75) is 31.2 Å². The maximum atomic E-state index is 13.3. The zero-order chi connectivity index (χ0) is 11.8. The van der Waals surface area contributed by atoms with Crippen molar-refractivity contribution >= 4 is 5.69 Å². The van der Waals surface area contributed by atoms with Gasteiger partial charge in [0.25, 0.3) is 0 Å². The first-order valence-corrected chi connectivity index (χ1v) is 6.47. The molecule has 3 heteroatoms. The molecule has 2 aliphatic rings. The van der Waals surface area contributed by atoms with Gasteiger partial charge in [-0.25, -0.2) is 4.39 Å². The molecule has 2 heterocycles. The summed E-state index contributed by atoms with van der Waals surface area (Å²) in [6.45, 7) is 2.17. The van der Waals surface area contributed by atoms with Gasteiger partial charge in [0.05, 0.1) is 0 Å². The molecule has 17 heavy (non-hydrogen) atoms. The predicted octanol–water partition coefficient (Wildman–Crippen LogP) is 2.82. The first-order valence-electron chi connectivity index (χ1n) is 6.47. The summed E-state index contributed by atoms with van der Waals surface area (Å²) in [7, 11) is 2.20. The number of fused-ring (bicyclic) bond motifs is 1. The maximum Gasteiger partial charge on any atom is 0.123 e. The van der Waals surface area contributed by atoms with E-state index in [9.17, 15) is 4.39 Å². The van der Waals surface area contributed by atoms with Gasteiger partial charge in [-0.1, -0.05) is 0 Å². The van der Waals surface area contributed by atoms with Crippen LogP contribution in [0.15, 0.2) is 18.2 Å². The third kappa shape index (κ3) is 2.04. The highest BCUT2D eigenvalue weighted by Crippen LogP contribution is 2.36. The van der Waals surface area contributed by atoms with Gasteiger partial charge in [0.2, 0.25) is 0 Å². The molecule has 2 atom stereocenters. The molecule has 1 aromatic carbocycles. The summed E-state index contributed by atoms with van der Waals surface area (Å²) < 4.78 is 13.3. The first-order chi connectivity index (χ1) is 8.24. The Morgan fingerprint density at radius 3 is 3.12 bits per heavy atom. The Labute approximate surface area is 102 Å². The van der Waals surface area contributed by atoms with E-state index in [4.69, 9.17) is 0 Å². The van der Waals surface area contributed by atoms with E-state index >= 15 is 0 Å². The van der Waals surface area contributed by atoms with Gasteiger partial charge in [-0.3, -0.25) is 0 Å². The molecule has 1 aromatic rings. The largest absolute Gasteiger partial charge is 0.384 e. The van der Waals surface area contributed by atoms with E-state index in [-0.39, 0.29) is 5.82 Å². The fraction of sp³-hybridized carbons (Fsp3) is 0.571. The summed E-state index contributed by atoms with van der Waals surface area (Å²) in [5, 5.41) is 3.38. The van der Waals surface area contributed by atoms with Crippen LogP contribution >= 0.6 is 0 Å². The standard InChI is InChI=1S/C14H19FN2/c1-17-6-2-3-12(17)7-10-9-16-14-5-4-11(15)8-13(10)14/h4-5,8,10,12,16H,2-3,6-7,9H2,1H3/t10-,12+/m0/s1. The number of anilines is 1. The molecular weight excluding hydrogens is 215 g/mol. The molecule has 92 valence electrons. The van der Waals surface area contributed by atoms with Crippen LogP contribution < -0.4 is 5.32 Å². The highest BCUT2D eigenvalue weighted by atomic mass is 19.1. The Balaban J connectivity index is 1.76. The van der Waals surface area contributed by atoms with E-state index in [1.807, 2.05) is 6.07 Å². The molecular formula is C14H19FN2. The van der Waals surface area contributed by atoms with Crippen LogP contribution in [0.25, 0.3) is 0 Å². The van der Waals surface area contributed by atoms with Gasteiger partial charge in [0, 0.05) is 24.2 Å². The SMILES string of the molecule is CN1CCC[C@@H]1C[C@H]1CNc2ccc(F)cc21. The minimum atomic E-state index is -0.114. The molecule has 0 radical (unpaired) electrons. The summed E-state index contributed by atoms with van der Waals surface area (Å²) >= 11 is 0. The number of nitrogens with zero attached hydrogens (tertiary/aromatic N) is 1. The molecule has 0 aliphatic carbocycles. The average Bonchev–Trinajstić information content (AvgIpc) is 2.88. The lowest BCUT2D eigenvalue weighted by Crippen LogP contribution is -2.27. The second-order valence-electron chi connectivity index (χ2n) is 5.32. The molecule has 2 aliphatic heterocycles. The van der Waals surface area contributed by atoms with Gasteiger partial charge in [-0.05, 0) is 56.6 Å². The molecule has 2 nitrogen and oxygen atoms in total. The van der Waals surface area contributed by atoms with E-state index < -0.39 is 0 Å². The number of rotatable bonds is 2. The molecule has 1 fully saturated rings. The lowest BCUT2D eigenvalue weighted by molar-refractivity contribution is 0.285. The van der Waals surface area contributed by atoms with Crippen LogP contribution in [0.5, 0.6) is 0 Å². The third-order valence-corrected chi connectivity index (χ3v) is 4.22. The summed E-state index contributed by atoms with van der Waals surface area (Å²) in [5.74, 6) is 0.364. The molecule has 0 aromatic heterocycles. The van der Waals surface area contributed by atoms with Crippen LogP contribution in [0, 0.1) is 5.82 Å². The first kappa shape index (κ1) is 11.0. The van der Waals surface area contributed by atoms with Gasteiger partial charge < -0.3 is 10.2 Å². The van der Waals surface area contributed by atoms with Crippen molar-refractivity contribution < 1.29 is 4.39 Å². The Hall–Kier alpha value is -1.09. The minimum Gasteiger partial charge on any atom is -0.384 e. The second-order valence-corrected chi connectivity index (χ2v) is 5.32. The van der Waals surface area contributed by atoms with E-state index in [1.54, 1.807) is 6.07 Å². The number of likely N-dealkylation sites (tertiary alicyclic amines) is 1. The lowest BCUT2D eigenvalue weighted by atomic mass is 9.93. The minimum absolute atomic E-state index is 0.114. The monoisotopic (exact) mass is 234 g/mol. The molecule has 3 rings (SSSR count). The summed E-state index contributed by atoms with van der Waals surface area (Å²) in [6.07, 6.45) is 3.74. The zero-order valence-electron chi connectivity index (χ0n) is 10.2. The van der Waals surface area contributed by atoms with Crippen LogP contribution in [0.3, 0.4) is 0 Å². The normalized spacial score (nSPS) is 28.1. The highest BCUT2D eigenvalue weighted by molar-refractivity contribution is 5.57. The van der Waals surface area contributed by atoms with E-state index in [0.717, 1.165) is 18.7 Å². The third-order valence-electron chi connectivity index (χ3n) is 4.22. The molecule has 0 saturated carbocycles. The van der Waals surface area contributed by atoms with E-state index in [0.29, 0.717) is 12.0 Å². The van der Waals surface area contributed by atoms with Gasteiger partial charge in [0.1, 0.15) is 5.82 Å². The van der Waals surface area contributed by atoms with Crippen LogP contribution in [0.1, 0.15) is 30.7 Å². The maximum absolute atomic E-state index is 13.3. The average molecular weight is 234 g/mol. The molecule has 0 unspecified atom stereocenters. The Morgan fingerprint density at radius 2 is 2.35 bits per heavy atom. The molecule has 0 spiro atoms. The molecule has 0 amide bonds. The van der Waals surface area contributed by atoms with Crippen LogP contribution in [-0.2, 0) is 0 Å². The highest BCUT2D eigenvalue weighted by Gasteiger charge is 2.29. The molecule has 0 bridgehead atoms. The van der Waals surface area contributed by atoms with Crippen LogP contribution in [0.4, 0.5) is 10.1 Å². The van der Waals surface area contributed by atoms with Crippen molar-refractivity contribution in [3.05, 3.63) is 29.6 Å². The number of benzene rings is 1. The summed E-state index contributed by atoms with van der Waals surface area (Å²) in [5.41, 5.74) is 2.29. The van der Waals surface area contributed by atoms with Crippen molar-refractivity contribution in [2.24, 2.45) is 0 Å². The van der Waals surface area contributed by atoms with Gasteiger partial charge in [0.15, 0.2) is 0 Å². The Kier molecular flexibility index (Phi) is 2.79. The van der Waals surface area contributed by atoms with Crippen molar-refractivity contribution in [3.63, 3.8) is 0 Å². The van der Waals surface area contributed by atoms with Gasteiger partial charge in [-0.15, -0.1) is 0 Å². The molecule has 1 N–H and O–H groups in total. The van der Waals surface area contributed by atoms with Crippen LogP contribution in [0.2, 0.25) is 0 Å². The summed E-state index contributed by atoms with van der Waals surface area (Å²) in [6, 6.07) is 5.78. The number of halogens is 1. The van der Waals surface area contributed by atoms with E-state index in [1.165, 1.54) is 31.0 Å². The van der Waals surface area contributed by atoms with E-state index in [2.05, 4.69) is 17.3 Å². The second kappa shape index (κ2) is 4.30. The van der Waals surface area contributed by atoms with Crippen molar-refractivity contribution in [1.82, 2.24) is 4.90 Å². The fourth-order valence-electron chi connectivity index (χ4n) is 3.19. The van der Waals surface area contributed by atoms with Crippen molar-refractivity contribution in [3.8, 4) is 0 Å². The number of nitrogens with one attached hydrogen (secondary N) is 1. The van der Waals surface area contributed by atoms with Crippen LogP contribution in [-0.4, -0.2) is 31.1 Å². The Bertz CT molecular complexity index is 419. The number of hydrogen-bond donors (Lipinski definition) is 1.